The summed E-state index contributed by atoms with van der Waals surface area (Å²) in [7, 11) is 0. The van der Waals surface area contributed by atoms with Crippen molar-refractivity contribution in [2.24, 2.45) is 5.41 Å². The number of carbonyl (C=O) groups excluding carboxylic acids is 3. The van der Waals surface area contributed by atoms with Gasteiger partial charge in [0.1, 0.15) is 11.4 Å². The van der Waals surface area contributed by atoms with Gasteiger partial charge in [0.05, 0.1) is 23.8 Å². The lowest BCUT2D eigenvalue weighted by Gasteiger charge is -2.33. The number of carbonyl (C=O) groups is 3. The number of amides is 3. The van der Waals surface area contributed by atoms with Crippen molar-refractivity contribution < 1.29 is 19.1 Å². The summed E-state index contributed by atoms with van der Waals surface area (Å²) < 4.78 is 7.37. The number of anilines is 1. The number of benzene rings is 1. The van der Waals surface area contributed by atoms with E-state index in [0.29, 0.717) is 35.8 Å². The van der Waals surface area contributed by atoms with Gasteiger partial charge in [0.15, 0.2) is 6.10 Å². The fourth-order valence-corrected chi connectivity index (χ4v) is 5.97. The summed E-state index contributed by atoms with van der Waals surface area (Å²) in [6, 6.07) is 5.00. The summed E-state index contributed by atoms with van der Waals surface area (Å²) in [5.41, 5.74) is 2.48. The Kier molecular flexibility index (Phi) is 5.47. The molecule has 4 aliphatic heterocycles. The summed E-state index contributed by atoms with van der Waals surface area (Å²) in [6.07, 6.45) is 1.63. The molecule has 36 heavy (non-hydrogen) atoms. The normalized spacial score (nSPS) is 28.2. The Morgan fingerprint density at radius 3 is 2.81 bits per heavy atom. The van der Waals surface area contributed by atoms with E-state index in [4.69, 9.17) is 4.74 Å². The first-order chi connectivity index (χ1) is 17.4. The molecule has 2 saturated heterocycles. The van der Waals surface area contributed by atoms with Gasteiger partial charge in [0.2, 0.25) is 5.91 Å². The number of hydrogen-bond donors (Lipinski definition) is 2. The van der Waals surface area contributed by atoms with E-state index in [-0.39, 0.29) is 36.2 Å². The monoisotopic (exact) mass is 493 g/mol. The maximum atomic E-state index is 13.5. The van der Waals surface area contributed by atoms with Crippen LogP contribution in [0, 0.1) is 5.41 Å². The molecule has 2 N–H and O–H groups in total. The van der Waals surface area contributed by atoms with E-state index in [2.05, 4.69) is 25.8 Å². The molecule has 11 nitrogen and oxygen atoms in total. The number of nitrogens with zero attached hydrogens (tertiary/aromatic N) is 5. The zero-order chi connectivity index (χ0) is 25.0. The van der Waals surface area contributed by atoms with Crippen molar-refractivity contribution in [2.45, 2.75) is 51.8 Å². The van der Waals surface area contributed by atoms with Crippen molar-refractivity contribution in [1.29, 1.82) is 0 Å². The Bertz CT molecular complexity index is 1230. The summed E-state index contributed by atoms with van der Waals surface area (Å²) >= 11 is 0. The van der Waals surface area contributed by atoms with E-state index in [9.17, 15) is 14.4 Å². The molecule has 2 aromatic rings. The molecular formula is C25H31N7O4. The van der Waals surface area contributed by atoms with Crippen LogP contribution in [0.25, 0.3) is 0 Å². The van der Waals surface area contributed by atoms with Crippen molar-refractivity contribution in [3.05, 3.63) is 35.2 Å². The Hall–Kier alpha value is -3.47. The molecule has 0 saturated carbocycles. The third kappa shape index (κ3) is 3.82. The smallest absolute Gasteiger partial charge is 0.265 e. The highest BCUT2D eigenvalue weighted by molar-refractivity contribution is 6.01. The largest absolute Gasteiger partial charge is 0.479 e. The SMILES string of the molecule is CCn1nnc2c1C(C(=O)NCC13CCN(CC1)C3)CN(C(=O)c1ccc3c(c1)NC(=O)C(C)O3)C2. The second kappa shape index (κ2) is 8.58. The van der Waals surface area contributed by atoms with Crippen molar-refractivity contribution >= 4 is 23.4 Å². The molecule has 1 aromatic carbocycles. The van der Waals surface area contributed by atoms with Crippen molar-refractivity contribution in [2.75, 3.05) is 38.0 Å². The molecule has 1 aromatic heterocycles. The van der Waals surface area contributed by atoms with Gasteiger partial charge in [-0.2, -0.15) is 0 Å². The Morgan fingerprint density at radius 2 is 2.08 bits per heavy atom. The number of rotatable bonds is 5. The molecule has 4 aliphatic rings. The molecule has 190 valence electrons. The third-order valence-corrected chi connectivity index (χ3v) is 8.09. The number of ether oxygens (including phenoxy) is 1. The lowest BCUT2D eigenvalue weighted by Crippen LogP contribution is -2.46. The first-order valence-corrected chi connectivity index (χ1v) is 12.7. The van der Waals surface area contributed by atoms with Crippen LogP contribution in [0.4, 0.5) is 5.69 Å². The van der Waals surface area contributed by atoms with Gasteiger partial charge in [-0.1, -0.05) is 5.21 Å². The minimum absolute atomic E-state index is 0.0921. The van der Waals surface area contributed by atoms with Gasteiger partial charge < -0.3 is 25.2 Å². The fraction of sp³-hybridized carbons (Fsp3) is 0.560. The average Bonchev–Trinajstić information content (AvgIpc) is 3.61. The highest BCUT2D eigenvalue weighted by Crippen LogP contribution is 2.40. The Balaban J connectivity index is 1.23. The van der Waals surface area contributed by atoms with Crippen LogP contribution >= 0.6 is 0 Å². The van der Waals surface area contributed by atoms with E-state index in [1.54, 1.807) is 34.7 Å². The summed E-state index contributed by atoms with van der Waals surface area (Å²) in [6.45, 7) is 8.64. The molecule has 2 atom stereocenters. The predicted octanol–water partition coefficient (Wildman–Crippen LogP) is 0.969. The van der Waals surface area contributed by atoms with Gasteiger partial charge in [-0.3, -0.25) is 14.4 Å². The molecule has 11 heteroatoms. The number of fused-ring (bicyclic) bond motifs is 4. The van der Waals surface area contributed by atoms with E-state index >= 15 is 0 Å². The number of aromatic nitrogens is 3. The maximum Gasteiger partial charge on any atom is 0.265 e. The minimum Gasteiger partial charge on any atom is -0.479 e. The molecule has 0 aliphatic carbocycles. The fourth-order valence-electron chi connectivity index (χ4n) is 5.97. The van der Waals surface area contributed by atoms with Crippen LogP contribution in [-0.2, 0) is 22.7 Å². The van der Waals surface area contributed by atoms with Crippen molar-refractivity contribution in [3.8, 4) is 5.75 Å². The maximum absolute atomic E-state index is 13.5. The van der Waals surface area contributed by atoms with Crippen LogP contribution in [0.15, 0.2) is 18.2 Å². The zero-order valence-corrected chi connectivity index (χ0v) is 20.6. The molecule has 2 fully saturated rings. The van der Waals surface area contributed by atoms with Gasteiger partial charge in [-0.15, -0.1) is 5.10 Å². The summed E-state index contributed by atoms with van der Waals surface area (Å²) in [5.74, 6) is -0.606. The van der Waals surface area contributed by atoms with Gasteiger partial charge in [0, 0.05) is 37.2 Å². The second-order valence-corrected chi connectivity index (χ2v) is 10.4. The number of nitrogens with one attached hydrogen (secondary N) is 2. The predicted molar refractivity (Wildman–Crippen MR) is 129 cm³/mol. The van der Waals surface area contributed by atoms with Crippen LogP contribution in [-0.4, -0.2) is 81.3 Å². The van der Waals surface area contributed by atoms with E-state index < -0.39 is 12.0 Å². The Morgan fingerprint density at radius 1 is 1.28 bits per heavy atom. The van der Waals surface area contributed by atoms with Crippen LogP contribution in [0.5, 0.6) is 5.75 Å². The van der Waals surface area contributed by atoms with Gasteiger partial charge >= 0.3 is 0 Å². The highest BCUT2D eigenvalue weighted by Gasteiger charge is 2.44. The average molecular weight is 494 g/mol. The second-order valence-electron chi connectivity index (χ2n) is 10.4. The van der Waals surface area contributed by atoms with Crippen LogP contribution in [0.1, 0.15) is 54.4 Å². The first-order valence-electron chi connectivity index (χ1n) is 12.7. The van der Waals surface area contributed by atoms with E-state index in [1.807, 2.05) is 6.92 Å². The van der Waals surface area contributed by atoms with Crippen molar-refractivity contribution in [1.82, 2.24) is 30.1 Å². The summed E-state index contributed by atoms with van der Waals surface area (Å²) in [5, 5.41) is 14.5. The van der Waals surface area contributed by atoms with Crippen LogP contribution in [0.2, 0.25) is 0 Å². The molecule has 3 amide bonds. The Labute approximate surface area is 209 Å². The highest BCUT2D eigenvalue weighted by atomic mass is 16.5. The van der Waals surface area contributed by atoms with E-state index in [0.717, 1.165) is 38.2 Å². The third-order valence-electron chi connectivity index (χ3n) is 8.09. The summed E-state index contributed by atoms with van der Waals surface area (Å²) in [4.78, 5) is 43.2. The first kappa shape index (κ1) is 23.0. The quantitative estimate of drug-likeness (QED) is 0.637. The van der Waals surface area contributed by atoms with Crippen molar-refractivity contribution in [3.63, 3.8) is 0 Å². The number of piperidine rings is 1. The van der Waals surface area contributed by atoms with E-state index in [1.165, 1.54) is 0 Å². The molecule has 2 bridgehead atoms. The topological polar surface area (TPSA) is 122 Å². The molecule has 0 spiro atoms. The molecule has 2 unspecified atom stereocenters. The van der Waals surface area contributed by atoms with Gasteiger partial charge in [0.25, 0.3) is 11.8 Å². The van der Waals surface area contributed by atoms with Gasteiger partial charge in [-0.25, -0.2) is 4.68 Å². The lowest BCUT2D eigenvalue weighted by atomic mass is 9.84. The van der Waals surface area contributed by atoms with Crippen LogP contribution in [0.3, 0.4) is 0 Å². The van der Waals surface area contributed by atoms with Crippen LogP contribution < -0.4 is 15.4 Å². The molecule has 6 rings (SSSR count). The standard InChI is InChI=1S/C25H31N7O4/c1-3-32-21-17(23(34)26-13-25-6-8-30(14-25)9-7-25)11-31(12-19(21)28-29-32)24(35)16-4-5-20-18(10-16)27-22(33)15(2)36-20/h4-5,10,15,17H,3,6-9,11-14H2,1-2H3,(H,26,34)(H,27,33). The number of aryl methyl sites for hydroxylation is 1. The zero-order valence-electron chi connectivity index (χ0n) is 20.6. The lowest BCUT2D eigenvalue weighted by molar-refractivity contribution is -0.124. The molecular weight excluding hydrogens is 462 g/mol. The van der Waals surface area contributed by atoms with Gasteiger partial charge in [-0.05, 0) is 58.0 Å². The number of hydrogen-bond acceptors (Lipinski definition) is 7. The molecule has 0 radical (unpaired) electrons. The molecule has 5 heterocycles. The minimum atomic E-state index is -0.587.